The summed E-state index contributed by atoms with van der Waals surface area (Å²) in [5.41, 5.74) is 1.55. The Labute approximate surface area is 71.7 Å². The van der Waals surface area contributed by atoms with Crippen molar-refractivity contribution in [2.45, 2.75) is 33.0 Å². The zero-order valence-electron chi connectivity index (χ0n) is 7.00. The molecule has 0 saturated heterocycles. The minimum absolute atomic E-state index is 0.689. The van der Waals surface area contributed by atoms with E-state index >= 15 is 0 Å². The lowest BCUT2D eigenvalue weighted by atomic mass is 10.3. The van der Waals surface area contributed by atoms with Gasteiger partial charge in [0.15, 0.2) is 0 Å². The summed E-state index contributed by atoms with van der Waals surface area (Å²) in [4.78, 5) is 4.07. The van der Waals surface area contributed by atoms with Gasteiger partial charge in [0.05, 0.1) is 0 Å². The Morgan fingerprint density at radius 2 is 2.27 bits per heavy atom. The number of hydrogen-bond acceptors (Lipinski definition) is 2. The Kier molecular flexibility index (Phi) is 1.74. The lowest BCUT2D eigenvalue weighted by Gasteiger charge is -2.18. The van der Waals surface area contributed by atoms with Crippen LogP contribution in [0.1, 0.15) is 24.3 Å². The number of nitrogens with zero attached hydrogens (tertiary/aromatic N) is 1. The van der Waals surface area contributed by atoms with E-state index in [2.05, 4.69) is 30.2 Å². The predicted molar refractivity (Wildman–Crippen MR) is 48.7 cm³/mol. The first-order chi connectivity index (χ1) is 5.27. The Morgan fingerprint density at radius 1 is 1.45 bits per heavy atom. The van der Waals surface area contributed by atoms with Crippen LogP contribution >= 0.6 is 11.3 Å². The fourth-order valence-electron chi connectivity index (χ4n) is 1.47. The van der Waals surface area contributed by atoms with Crippen LogP contribution in [0.25, 0.3) is 0 Å². The molecule has 0 saturated carbocycles. The highest BCUT2D eigenvalue weighted by Gasteiger charge is 2.21. The average molecular weight is 167 g/mol. The van der Waals surface area contributed by atoms with Crippen molar-refractivity contribution in [3.63, 3.8) is 0 Å². The zero-order chi connectivity index (χ0) is 7.84. The quantitative estimate of drug-likeness (QED) is 0.621. The van der Waals surface area contributed by atoms with Gasteiger partial charge < -0.3 is 0 Å². The molecule has 0 bridgehead atoms. The molecule has 0 amide bonds. The van der Waals surface area contributed by atoms with Gasteiger partial charge in [-0.3, -0.25) is 4.90 Å². The second kappa shape index (κ2) is 2.61. The summed E-state index contributed by atoms with van der Waals surface area (Å²) in [6.07, 6.45) is 0. The Bertz CT molecular complexity index is 231. The molecule has 0 radical (unpaired) electrons. The van der Waals surface area contributed by atoms with Gasteiger partial charge in [-0.1, -0.05) is 0 Å². The standard InChI is InChI=1S/C9H13NS/c1-7(2)10-5-8-3-4-11-9(8)6-10/h3-4,7H,5-6H2,1-2H3. The zero-order valence-corrected chi connectivity index (χ0v) is 7.82. The van der Waals surface area contributed by atoms with Gasteiger partial charge in [0.2, 0.25) is 0 Å². The molecule has 60 valence electrons. The van der Waals surface area contributed by atoms with Crippen LogP contribution in [-0.4, -0.2) is 10.9 Å². The largest absolute Gasteiger partial charge is 0.292 e. The maximum atomic E-state index is 2.50. The first-order valence-electron chi connectivity index (χ1n) is 4.06. The van der Waals surface area contributed by atoms with Crippen molar-refractivity contribution in [1.82, 2.24) is 4.90 Å². The normalized spacial score (nSPS) is 17.7. The molecule has 1 aliphatic rings. The third-order valence-corrected chi connectivity index (χ3v) is 3.24. The molecule has 0 atom stereocenters. The summed E-state index contributed by atoms with van der Waals surface area (Å²) in [6.45, 7) is 6.86. The minimum Gasteiger partial charge on any atom is -0.292 e. The van der Waals surface area contributed by atoms with Crippen LogP contribution in [0.4, 0.5) is 0 Å². The van der Waals surface area contributed by atoms with E-state index in [0.717, 1.165) is 6.54 Å². The van der Waals surface area contributed by atoms with Crippen LogP contribution in [-0.2, 0) is 13.1 Å². The molecule has 11 heavy (non-hydrogen) atoms. The van der Waals surface area contributed by atoms with Gasteiger partial charge in [0.1, 0.15) is 0 Å². The van der Waals surface area contributed by atoms with E-state index < -0.39 is 0 Å². The van der Waals surface area contributed by atoms with Gasteiger partial charge in [-0.05, 0) is 30.9 Å². The van der Waals surface area contributed by atoms with Gasteiger partial charge in [-0.25, -0.2) is 0 Å². The molecular weight excluding hydrogens is 154 g/mol. The number of thiophene rings is 1. The van der Waals surface area contributed by atoms with Crippen LogP contribution < -0.4 is 0 Å². The molecule has 0 unspecified atom stereocenters. The van der Waals surface area contributed by atoms with Crippen molar-refractivity contribution in [2.75, 3.05) is 0 Å². The van der Waals surface area contributed by atoms with E-state index in [9.17, 15) is 0 Å². The van der Waals surface area contributed by atoms with Gasteiger partial charge >= 0.3 is 0 Å². The molecule has 0 spiro atoms. The molecule has 1 nitrogen and oxygen atoms in total. The molecule has 1 aromatic rings. The van der Waals surface area contributed by atoms with E-state index in [1.54, 1.807) is 10.4 Å². The number of rotatable bonds is 1. The Hall–Kier alpha value is -0.340. The van der Waals surface area contributed by atoms with Crippen LogP contribution in [0.5, 0.6) is 0 Å². The van der Waals surface area contributed by atoms with Crippen molar-refractivity contribution < 1.29 is 0 Å². The third kappa shape index (κ3) is 1.21. The summed E-state index contributed by atoms with van der Waals surface area (Å²) in [5, 5.41) is 2.20. The molecule has 1 aromatic heterocycles. The highest BCUT2D eigenvalue weighted by molar-refractivity contribution is 7.10. The summed E-state index contributed by atoms with van der Waals surface area (Å²) >= 11 is 1.89. The van der Waals surface area contributed by atoms with E-state index in [-0.39, 0.29) is 0 Å². The lowest BCUT2D eigenvalue weighted by Crippen LogP contribution is -2.24. The highest BCUT2D eigenvalue weighted by atomic mass is 32.1. The Balaban J connectivity index is 2.16. The van der Waals surface area contributed by atoms with E-state index in [1.165, 1.54) is 6.54 Å². The molecule has 0 aromatic carbocycles. The number of fused-ring (bicyclic) bond motifs is 1. The second-order valence-corrected chi connectivity index (χ2v) is 4.37. The van der Waals surface area contributed by atoms with Gasteiger partial charge in [0, 0.05) is 24.0 Å². The fourth-order valence-corrected chi connectivity index (χ4v) is 2.39. The third-order valence-electron chi connectivity index (χ3n) is 2.29. The minimum atomic E-state index is 0.689. The Morgan fingerprint density at radius 3 is 2.91 bits per heavy atom. The van der Waals surface area contributed by atoms with Gasteiger partial charge in [-0.15, -0.1) is 11.3 Å². The molecule has 0 N–H and O–H groups in total. The SMILES string of the molecule is CC(C)N1Cc2ccsc2C1. The van der Waals surface area contributed by atoms with Crippen LogP contribution in [0, 0.1) is 0 Å². The van der Waals surface area contributed by atoms with Crippen LogP contribution in [0.15, 0.2) is 11.4 Å². The fraction of sp³-hybridized carbons (Fsp3) is 0.556. The average Bonchev–Trinajstić information content (AvgIpc) is 2.40. The van der Waals surface area contributed by atoms with Crippen LogP contribution in [0.2, 0.25) is 0 Å². The van der Waals surface area contributed by atoms with Crippen molar-refractivity contribution in [3.05, 3.63) is 21.9 Å². The second-order valence-electron chi connectivity index (χ2n) is 3.37. The highest BCUT2D eigenvalue weighted by Crippen LogP contribution is 2.28. The molecule has 2 heterocycles. The van der Waals surface area contributed by atoms with Gasteiger partial charge in [-0.2, -0.15) is 0 Å². The molecule has 0 fully saturated rings. The molecule has 1 aliphatic heterocycles. The van der Waals surface area contributed by atoms with Crippen molar-refractivity contribution >= 4 is 11.3 Å². The van der Waals surface area contributed by atoms with Crippen molar-refractivity contribution in [1.29, 1.82) is 0 Å². The van der Waals surface area contributed by atoms with Gasteiger partial charge in [0.25, 0.3) is 0 Å². The maximum Gasteiger partial charge on any atom is 0.0337 e. The van der Waals surface area contributed by atoms with E-state index in [1.807, 2.05) is 11.3 Å². The molecule has 0 aliphatic carbocycles. The van der Waals surface area contributed by atoms with E-state index in [0.29, 0.717) is 6.04 Å². The summed E-state index contributed by atoms with van der Waals surface area (Å²) in [6, 6.07) is 2.94. The van der Waals surface area contributed by atoms with E-state index in [4.69, 9.17) is 0 Å². The molecule has 2 heteroatoms. The topological polar surface area (TPSA) is 3.24 Å². The molecular formula is C9H13NS. The summed E-state index contributed by atoms with van der Waals surface area (Å²) in [5.74, 6) is 0. The lowest BCUT2D eigenvalue weighted by molar-refractivity contribution is 0.228. The first kappa shape index (κ1) is 7.32. The predicted octanol–water partition coefficient (Wildman–Crippen LogP) is 2.47. The first-order valence-corrected chi connectivity index (χ1v) is 4.94. The van der Waals surface area contributed by atoms with Crippen molar-refractivity contribution in [3.8, 4) is 0 Å². The molecule has 2 rings (SSSR count). The number of hydrogen-bond donors (Lipinski definition) is 0. The summed E-state index contributed by atoms with van der Waals surface area (Å²) in [7, 11) is 0. The summed E-state index contributed by atoms with van der Waals surface area (Å²) < 4.78 is 0. The monoisotopic (exact) mass is 167 g/mol. The maximum absolute atomic E-state index is 2.50. The van der Waals surface area contributed by atoms with Crippen LogP contribution in [0.3, 0.4) is 0 Å². The smallest absolute Gasteiger partial charge is 0.0337 e. The van der Waals surface area contributed by atoms with Crippen molar-refractivity contribution in [2.24, 2.45) is 0 Å².